The molecule has 1 heterocycles. The fraction of sp³-hybridized carbons (Fsp3) is 0.409. The lowest BCUT2D eigenvalue weighted by Gasteiger charge is -2.17. The van der Waals surface area contributed by atoms with Crippen LogP contribution in [-0.4, -0.2) is 44.9 Å². The summed E-state index contributed by atoms with van der Waals surface area (Å²) in [6.07, 6.45) is 1.75. The zero-order chi connectivity index (χ0) is 21.0. The first kappa shape index (κ1) is 21.3. The van der Waals surface area contributed by atoms with Crippen LogP contribution in [-0.2, 0) is 10.0 Å². The van der Waals surface area contributed by atoms with Gasteiger partial charge in [-0.25, -0.2) is 8.42 Å². The molecule has 3 rings (SSSR count). The Morgan fingerprint density at radius 1 is 1.07 bits per heavy atom. The minimum atomic E-state index is -3.55. The van der Waals surface area contributed by atoms with Crippen molar-refractivity contribution in [1.29, 1.82) is 0 Å². The van der Waals surface area contributed by atoms with Gasteiger partial charge in [0.15, 0.2) is 0 Å². The van der Waals surface area contributed by atoms with Crippen LogP contribution in [0.15, 0.2) is 41.3 Å². The van der Waals surface area contributed by atoms with Crippen LogP contribution in [0.25, 0.3) is 0 Å². The van der Waals surface area contributed by atoms with Crippen LogP contribution in [0.4, 0.5) is 0 Å². The molecule has 6 nitrogen and oxygen atoms in total. The second-order valence-electron chi connectivity index (χ2n) is 7.39. The molecule has 0 saturated carbocycles. The van der Waals surface area contributed by atoms with Crippen molar-refractivity contribution in [2.24, 2.45) is 0 Å². The number of carbonyl (C=O) groups excluding carboxylic acids is 1. The van der Waals surface area contributed by atoms with Gasteiger partial charge < -0.3 is 10.1 Å². The van der Waals surface area contributed by atoms with E-state index in [9.17, 15) is 13.2 Å². The maximum Gasteiger partial charge on any atom is 0.251 e. The highest BCUT2D eigenvalue weighted by Gasteiger charge is 2.28. The third kappa shape index (κ3) is 4.79. The molecule has 2 aromatic carbocycles. The third-order valence-corrected chi connectivity index (χ3v) is 7.25. The van der Waals surface area contributed by atoms with Crippen LogP contribution >= 0.6 is 0 Å². The molecule has 2 aromatic rings. The molecule has 29 heavy (non-hydrogen) atoms. The minimum Gasteiger partial charge on any atom is -0.491 e. The Bertz CT molecular complexity index is 996. The van der Waals surface area contributed by atoms with Crippen molar-refractivity contribution in [2.45, 2.75) is 38.5 Å². The third-order valence-electron chi connectivity index (χ3n) is 5.36. The molecule has 1 N–H and O–H groups in total. The van der Waals surface area contributed by atoms with Crippen molar-refractivity contribution in [1.82, 2.24) is 9.62 Å². The quantitative estimate of drug-likeness (QED) is 0.704. The van der Waals surface area contributed by atoms with Gasteiger partial charge in [0, 0.05) is 18.7 Å². The lowest BCUT2D eigenvalue weighted by atomic mass is 10.1. The lowest BCUT2D eigenvalue weighted by molar-refractivity contribution is 0.0946. The van der Waals surface area contributed by atoms with E-state index >= 15 is 0 Å². The molecule has 0 atom stereocenters. The number of rotatable bonds is 7. The molecule has 0 aliphatic carbocycles. The van der Waals surface area contributed by atoms with E-state index in [0.29, 0.717) is 31.8 Å². The normalized spacial score (nSPS) is 14.7. The highest BCUT2D eigenvalue weighted by Crippen LogP contribution is 2.23. The Balaban J connectivity index is 1.64. The van der Waals surface area contributed by atoms with Crippen LogP contribution in [0, 0.1) is 20.8 Å². The molecular formula is C22H28N2O4S. The number of amides is 1. The van der Waals surface area contributed by atoms with E-state index in [1.807, 2.05) is 32.0 Å². The molecule has 0 spiro atoms. The standard InChI is InChI=1S/C22H28N2O4S/c1-16-7-6-8-21(18(16)3)28-14-11-23-22(25)20-15-19(10-9-17(20)2)29(26,27)24-12-4-5-13-24/h6-10,15H,4-5,11-14H2,1-3H3,(H,23,25). The summed E-state index contributed by atoms with van der Waals surface area (Å²) in [7, 11) is -3.55. The van der Waals surface area contributed by atoms with Crippen LogP contribution in [0.5, 0.6) is 5.75 Å². The molecule has 0 bridgehead atoms. The van der Waals surface area contributed by atoms with Gasteiger partial charge in [0.05, 0.1) is 11.4 Å². The second-order valence-corrected chi connectivity index (χ2v) is 9.33. The predicted octanol–water partition coefficient (Wildman–Crippen LogP) is 3.21. The molecule has 1 aliphatic heterocycles. The molecule has 0 radical (unpaired) electrons. The molecule has 1 amide bonds. The van der Waals surface area contributed by atoms with Crippen LogP contribution < -0.4 is 10.1 Å². The highest BCUT2D eigenvalue weighted by molar-refractivity contribution is 7.89. The smallest absolute Gasteiger partial charge is 0.251 e. The molecule has 7 heteroatoms. The van der Waals surface area contributed by atoms with Gasteiger partial charge in [0.2, 0.25) is 10.0 Å². The first-order valence-corrected chi connectivity index (χ1v) is 11.3. The van der Waals surface area contributed by atoms with Crippen LogP contribution in [0.3, 0.4) is 0 Å². The van der Waals surface area contributed by atoms with E-state index in [2.05, 4.69) is 5.32 Å². The topological polar surface area (TPSA) is 75.7 Å². The van der Waals surface area contributed by atoms with E-state index in [1.165, 1.54) is 10.4 Å². The molecule has 0 unspecified atom stereocenters. The van der Waals surface area contributed by atoms with Crippen molar-refractivity contribution < 1.29 is 17.9 Å². The van der Waals surface area contributed by atoms with Crippen molar-refractivity contribution >= 4 is 15.9 Å². The van der Waals surface area contributed by atoms with Gasteiger partial charge in [-0.2, -0.15) is 4.31 Å². The molecule has 156 valence electrons. The molecule has 1 fully saturated rings. The second kappa shape index (κ2) is 8.97. The predicted molar refractivity (Wildman–Crippen MR) is 113 cm³/mol. The van der Waals surface area contributed by atoms with Gasteiger partial charge >= 0.3 is 0 Å². The van der Waals surface area contributed by atoms with Crippen LogP contribution in [0.2, 0.25) is 0 Å². The SMILES string of the molecule is Cc1ccc(S(=O)(=O)N2CCCC2)cc1C(=O)NCCOc1cccc(C)c1C. The Kier molecular flexibility index (Phi) is 6.59. The zero-order valence-corrected chi connectivity index (χ0v) is 18.0. The van der Waals surface area contributed by atoms with Gasteiger partial charge in [-0.15, -0.1) is 0 Å². The maximum absolute atomic E-state index is 12.8. The summed E-state index contributed by atoms with van der Waals surface area (Å²) in [5, 5.41) is 2.82. The lowest BCUT2D eigenvalue weighted by Crippen LogP contribution is -2.30. The summed E-state index contributed by atoms with van der Waals surface area (Å²) in [6.45, 7) is 7.55. The van der Waals surface area contributed by atoms with Crippen molar-refractivity contribution in [3.05, 3.63) is 58.7 Å². The van der Waals surface area contributed by atoms with Gasteiger partial charge in [-0.05, 0) is 68.5 Å². The monoisotopic (exact) mass is 416 g/mol. The summed E-state index contributed by atoms with van der Waals surface area (Å²) in [5.41, 5.74) is 3.34. The summed E-state index contributed by atoms with van der Waals surface area (Å²) < 4.78 is 32.8. The summed E-state index contributed by atoms with van der Waals surface area (Å²) in [6, 6.07) is 10.6. The van der Waals surface area contributed by atoms with E-state index in [4.69, 9.17) is 4.74 Å². The van der Waals surface area contributed by atoms with E-state index in [0.717, 1.165) is 35.3 Å². The zero-order valence-electron chi connectivity index (χ0n) is 17.2. The average Bonchev–Trinajstić information content (AvgIpc) is 3.24. The Morgan fingerprint density at radius 3 is 2.52 bits per heavy atom. The van der Waals surface area contributed by atoms with Crippen molar-refractivity contribution in [3.63, 3.8) is 0 Å². The summed E-state index contributed by atoms with van der Waals surface area (Å²) >= 11 is 0. The molecule has 1 saturated heterocycles. The number of ether oxygens (including phenoxy) is 1. The number of hydrogen-bond donors (Lipinski definition) is 1. The van der Waals surface area contributed by atoms with E-state index in [1.54, 1.807) is 19.1 Å². The minimum absolute atomic E-state index is 0.168. The number of nitrogens with zero attached hydrogens (tertiary/aromatic N) is 1. The van der Waals surface area contributed by atoms with Crippen molar-refractivity contribution in [3.8, 4) is 5.75 Å². The van der Waals surface area contributed by atoms with Gasteiger partial charge in [-0.3, -0.25) is 4.79 Å². The van der Waals surface area contributed by atoms with Gasteiger partial charge in [-0.1, -0.05) is 18.2 Å². The average molecular weight is 417 g/mol. The first-order chi connectivity index (χ1) is 13.8. The number of aryl methyl sites for hydroxylation is 2. The van der Waals surface area contributed by atoms with Crippen LogP contribution in [0.1, 0.15) is 39.9 Å². The molecule has 1 aliphatic rings. The fourth-order valence-electron chi connectivity index (χ4n) is 3.39. The summed E-state index contributed by atoms with van der Waals surface area (Å²) in [5.74, 6) is 0.500. The Hall–Kier alpha value is -2.38. The number of nitrogens with one attached hydrogen (secondary N) is 1. The van der Waals surface area contributed by atoms with E-state index in [-0.39, 0.29) is 10.8 Å². The van der Waals surface area contributed by atoms with Gasteiger partial charge in [0.1, 0.15) is 12.4 Å². The Morgan fingerprint density at radius 2 is 1.79 bits per heavy atom. The largest absolute Gasteiger partial charge is 0.491 e. The van der Waals surface area contributed by atoms with E-state index < -0.39 is 10.0 Å². The highest BCUT2D eigenvalue weighted by atomic mass is 32.2. The van der Waals surface area contributed by atoms with Gasteiger partial charge in [0.25, 0.3) is 5.91 Å². The number of hydrogen-bond acceptors (Lipinski definition) is 4. The maximum atomic E-state index is 12.8. The summed E-state index contributed by atoms with van der Waals surface area (Å²) in [4.78, 5) is 12.8. The molecule has 0 aromatic heterocycles. The number of benzene rings is 2. The molecular weight excluding hydrogens is 388 g/mol. The first-order valence-electron chi connectivity index (χ1n) is 9.89. The fourth-order valence-corrected chi connectivity index (χ4v) is 4.93. The number of carbonyl (C=O) groups is 1. The van der Waals surface area contributed by atoms with Crippen molar-refractivity contribution in [2.75, 3.05) is 26.2 Å². The number of sulfonamides is 1. The Labute approximate surface area is 172 Å².